The van der Waals surface area contributed by atoms with Crippen molar-refractivity contribution in [1.82, 2.24) is 9.97 Å². The summed E-state index contributed by atoms with van der Waals surface area (Å²) in [5, 5.41) is 0. The maximum atomic E-state index is 13.0. The molecule has 3 aromatic rings. The molecule has 0 unspecified atom stereocenters. The molecule has 0 atom stereocenters. The number of rotatable bonds is 5. The van der Waals surface area contributed by atoms with E-state index in [2.05, 4.69) is 9.97 Å². The van der Waals surface area contributed by atoms with Crippen molar-refractivity contribution in [3.05, 3.63) is 66.0 Å². The topological polar surface area (TPSA) is 61.3 Å². The summed E-state index contributed by atoms with van der Waals surface area (Å²) in [4.78, 5) is 20.9. The average molecular weight is 402 g/mol. The third kappa shape index (κ3) is 4.53. The Morgan fingerprint density at radius 1 is 1.00 bits per heavy atom. The highest BCUT2D eigenvalue weighted by Gasteiger charge is 2.30. The monoisotopic (exact) mass is 402 g/mol. The minimum Gasteiger partial charge on any atom is -0.481 e. The van der Waals surface area contributed by atoms with E-state index in [-0.39, 0.29) is 17.7 Å². The van der Waals surface area contributed by atoms with Crippen LogP contribution < -0.4 is 4.74 Å². The van der Waals surface area contributed by atoms with Crippen LogP contribution in [0.5, 0.6) is 5.88 Å². The van der Waals surface area contributed by atoms with Gasteiger partial charge in [0.1, 0.15) is 0 Å². The van der Waals surface area contributed by atoms with Crippen molar-refractivity contribution in [1.29, 1.82) is 0 Å². The third-order valence-corrected chi connectivity index (χ3v) is 4.13. The summed E-state index contributed by atoms with van der Waals surface area (Å²) >= 11 is 0. The predicted molar refractivity (Wildman–Crippen MR) is 100 cm³/mol. The number of pyridine rings is 2. The molecule has 2 heterocycles. The lowest BCUT2D eigenvalue weighted by Gasteiger charge is -2.12. The quantitative estimate of drug-likeness (QED) is 0.561. The van der Waals surface area contributed by atoms with E-state index < -0.39 is 17.7 Å². The molecule has 0 fully saturated rings. The van der Waals surface area contributed by atoms with Crippen LogP contribution in [-0.2, 0) is 10.9 Å². The molecule has 1 aromatic carbocycles. The highest BCUT2D eigenvalue weighted by molar-refractivity contribution is 5.97. The first kappa shape index (κ1) is 20.3. The summed E-state index contributed by atoms with van der Waals surface area (Å²) in [7, 11) is 1.48. The molecule has 0 saturated heterocycles. The molecule has 29 heavy (non-hydrogen) atoms. The first-order chi connectivity index (χ1) is 13.8. The van der Waals surface area contributed by atoms with Gasteiger partial charge in [0, 0.05) is 29.6 Å². The highest BCUT2D eigenvalue weighted by Crippen LogP contribution is 2.33. The Morgan fingerprint density at radius 3 is 2.38 bits per heavy atom. The molecule has 0 amide bonds. The van der Waals surface area contributed by atoms with E-state index >= 15 is 0 Å². The summed E-state index contributed by atoms with van der Waals surface area (Å²) in [5.41, 5.74) is 0.866. The van der Waals surface area contributed by atoms with Gasteiger partial charge in [-0.05, 0) is 36.8 Å². The molecule has 150 valence electrons. The molecular weight excluding hydrogens is 385 g/mol. The van der Waals surface area contributed by atoms with Crippen molar-refractivity contribution in [2.24, 2.45) is 0 Å². The largest absolute Gasteiger partial charge is 0.481 e. The van der Waals surface area contributed by atoms with Crippen LogP contribution in [0.15, 0.2) is 54.9 Å². The van der Waals surface area contributed by atoms with Crippen molar-refractivity contribution < 1.29 is 27.4 Å². The number of benzene rings is 1. The Labute approximate surface area is 165 Å². The lowest BCUT2D eigenvalue weighted by molar-refractivity contribution is -0.137. The Bertz CT molecular complexity index is 1020. The number of nitrogens with zero attached hydrogens (tertiary/aromatic N) is 2. The van der Waals surface area contributed by atoms with Crippen molar-refractivity contribution in [3.63, 3.8) is 0 Å². The number of carbonyl (C=O) groups excluding carboxylic acids is 1. The van der Waals surface area contributed by atoms with Crippen molar-refractivity contribution in [2.75, 3.05) is 13.7 Å². The van der Waals surface area contributed by atoms with Crippen LogP contribution in [0.4, 0.5) is 13.2 Å². The van der Waals surface area contributed by atoms with Crippen LogP contribution in [0.1, 0.15) is 22.8 Å². The van der Waals surface area contributed by atoms with Gasteiger partial charge in [0.05, 0.1) is 30.5 Å². The third-order valence-electron chi connectivity index (χ3n) is 4.13. The zero-order valence-electron chi connectivity index (χ0n) is 15.7. The van der Waals surface area contributed by atoms with Crippen molar-refractivity contribution in [2.45, 2.75) is 13.1 Å². The Hall–Kier alpha value is -3.42. The number of hydrogen-bond acceptors (Lipinski definition) is 5. The molecule has 0 bridgehead atoms. The molecule has 0 saturated carbocycles. The summed E-state index contributed by atoms with van der Waals surface area (Å²) < 4.78 is 49.2. The number of halogens is 3. The predicted octanol–water partition coefficient (Wildman–Crippen LogP) is 5.01. The van der Waals surface area contributed by atoms with Crippen LogP contribution in [0.25, 0.3) is 22.4 Å². The zero-order valence-corrected chi connectivity index (χ0v) is 15.7. The van der Waals surface area contributed by atoms with Gasteiger partial charge in [0.25, 0.3) is 0 Å². The standard InChI is InChI=1S/C21H17F3N2O3/c1-3-29-20(27)17-10-15(13-5-4-6-16(9-13)21(22,23)24)12-26-19(17)14-7-8-18(28-2)25-11-14/h4-12H,3H2,1-2H3. The Morgan fingerprint density at radius 2 is 1.76 bits per heavy atom. The number of ether oxygens (including phenoxy) is 2. The number of esters is 1. The minimum absolute atomic E-state index is 0.133. The molecule has 8 heteroatoms. The van der Waals surface area contributed by atoms with E-state index in [0.717, 1.165) is 12.1 Å². The van der Waals surface area contributed by atoms with E-state index in [9.17, 15) is 18.0 Å². The second-order valence-electron chi connectivity index (χ2n) is 6.01. The molecule has 0 radical (unpaired) electrons. The molecule has 0 aliphatic rings. The fourth-order valence-corrected chi connectivity index (χ4v) is 2.73. The van der Waals surface area contributed by atoms with Crippen LogP contribution in [0.2, 0.25) is 0 Å². The first-order valence-corrected chi connectivity index (χ1v) is 8.68. The summed E-state index contributed by atoms with van der Waals surface area (Å²) in [6, 6.07) is 9.61. The van der Waals surface area contributed by atoms with Crippen LogP contribution in [0, 0.1) is 0 Å². The second kappa shape index (κ2) is 8.30. The molecule has 0 N–H and O–H groups in total. The molecule has 5 nitrogen and oxygen atoms in total. The smallest absolute Gasteiger partial charge is 0.416 e. The lowest BCUT2D eigenvalue weighted by atomic mass is 10.00. The van der Waals surface area contributed by atoms with E-state index in [0.29, 0.717) is 22.7 Å². The molecule has 2 aromatic heterocycles. The van der Waals surface area contributed by atoms with Gasteiger partial charge in [0.15, 0.2) is 0 Å². The summed E-state index contributed by atoms with van der Waals surface area (Å²) in [6.07, 6.45) is -1.56. The van der Waals surface area contributed by atoms with Gasteiger partial charge in [-0.1, -0.05) is 12.1 Å². The Balaban J connectivity index is 2.10. The van der Waals surface area contributed by atoms with Crippen molar-refractivity contribution in [3.8, 4) is 28.3 Å². The normalized spacial score (nSPS) is 11.2. The number of carbonyl (C=O) groups is 1. The lowest BCUT2D eigenvalue weighted by Crippen LogP contribution is -2.08. The average Bonchev–Trinajstić information content (AvgIpc) is 2.73. The minimum atomic E-state index is -4.47. The maximum Gasteiger partial charge on any atom is 0.416 e. The second-order valence-corrected chi connectivity index (χ2v) is 6.01. The maximum absolute atomic E-state index is 13.0. The summed E-state index contributed by atoms with van der Waals surface area (Å²) in [6.45, 7) is 1.81. The molecule has 0 spiro atoms. The Kier molecular flexibility index (Phi) is 5.81. The van der Waals surface area contributed by atoms with Gasteiger partial charge in [-0.2, -0.15) is 13.2 Å². The van der Waals surface area contributed by atoms with Gasteiger partial charge in [-0.15, -0.1) is 0 Å². The van der Waals surface area contributed by atoms with E-state index in [1.807, 2.05) is 0 Å². The van der Waals surface area contributed by atoms with Gasteiger partial charge in [-0.25, -0.2) is 9.78 Å². The number of aromatic nitrogens is 2. The zero-order chi connectivity index (χ0) is 21.0. The van der Waals surface area contributed by atoms with Gasteiger partial charge < -0.3 is 9.47 Å². The highest BCUT2D eigenvalue weighted by atomic mass is 19.4. The van der Waals surface area contributed by atoms with E-state index in [4.69, 9.17) is 9.47 Å². The van der Waals surface area contributed by atoms with Crippen LogP contribution in [0.3, 0.4) is 0 Å². The number of alkyl halides is 3. The SMILES string of the molecule is CCOC(=O)c1cc(-c2cccc(C(F)(F)F)c2)cnc1-c1ccc(OC)nc1. The van der Waals surface area contributed by atoms with Gasteiger partial charge in [-0.3, -0.25) is 4.98 Å². The van der Waals surface area contributed by atoms with E-state index in [1.54, 1.807) is 19.1 Å². The number of hydrogen-bond donors (Lipinski definition) is 0. The van der Waals surface area contributed by atoms with Crippen LogP contribution >= 0.6 is 0 Å². The fraction of sp³-hybridized carbons (Fsp3) is 0.190. The molecule has 0 aliphatic heterocycles. The van der Waals surface area contributed by atoms with Gasteiger partial charge in [0.2, 0.25) is 5.88 Å². The fourth-order valence-electron chi connectivity index (χ4n) is 2.73. The van der Waals surface area contributed by atoms with Crippen molar-refractivity contribution >= 4 is 5.97 Å². The van der Waals surface area contributed by atoms with Crippen LogP contribution in [-0.4, -0.2) is 29.7 Å². The van der Waals surface area contributed by atoms with Gasteiger partial charge >= 0.3 is 12.1 Å². The summed E-state index contributed by atoms with van der Waals surface area (Å²) in [5.74, 6) is -0.230. The van der Waals surface area contributed by atoms with E-state index in [1.165, 1.54) is 37.7 Å². The molecule has 0 aliphatic carbocycles. The first-order valence-electron chi connectivity index (χ1n) is 8.68. The molecular formula is C21H17F3N2O3. The molecule has 3 rings (SSSR count). The number of methoxy groups -OCH3 is 1.